The molecule has 17 heavy (non-hydrogen) atoms. The Bertz CT molecular complexity index is 325. The second kappa shape index (κ2) is 6.18. The summed E-state index contributed by atoms with van der Waals surface area (Å²) in [5.74, 6) is 0.610. The minimum atomic E-state index is 0.198. The van der Waals surface area contributed by atoms with Crippen molar-refractivity contribution in [3.63, 3.8) is 0 Å². The highest BCUT2D eigenvalue weighted by atomic mass is 16.3. The Morgan fingerprint density at radius 2 is 1.94 bits per heavy atom. The van der Waals surface area contributed by atoms with Crippen LogP contribution in [0.1, 0.15) is 44.1 Å². The number of hydrogen-bond acceptors (Lipinski definition) is 2. The molecule has 0 amide bonds. The van der Waals surface area contributed by atoms with Crippen molar-refractivity contribution in [2.45, 2.75) is 50.6 Å². The lowest BCUT2D eigenvalue weighted by Gasteiger charge is -2.34. The molecule has 0 heterocycles. The van der Waals surface area contributed by atoms with Gasteiger partial charge in [0, 0.05) is 12.1 Å². The van der Waals surface area contributed by atoms with Crippen LogP contribution in [0.3, 0.4) is 0 Å². The summed E-state index contributed by atoms with van der Waals surface area (Å²) in [7, 11) is 0. The highest BCUT2D eigenvalue weighted by Gasteiger charge is 2.26. The molecule has 94 valence electrons. The van der Waals surface area contributed by atoms with Gasteiger partial charge >= 0.3 is 0 Å². The van der Waals surface area contributed by atoms with Gasteiger partial charge in [0.2, 0.25) is 0 Å². The Balaban J connectivity index is 2.07. The van der Waals surface area contributed by atoms with E-state index in [0.717, 1.165) is 0 Å². The van der Waals surface area contributed by atoms with Gasteiger partial charge in [0.15, 0.2) is 0 Å². The average molecular weight is 233 g/mol. The van der Waals surface area contributed by atoms with Crippen molar-refractivity contribution in [1.82, 2.24) is 5.32 Å². The van der Waals surface area contributed by atoms with Crippen LogP contribution in [-0.4, -0.2) is 23.8 Å². The van der Waals surface area contributed by atoms with E-state index >= 15 is 0 Å². The molecular formula is C15H23NO. The van der Waals surface area contributed by atoms with Crippen LogP contribution in [0.4, 0.5) is 0 Å². The van der Waals surface area contributed by atoms with Crippen molar-refractivity contribution in [3.8, 4) is 0 Å². The molecule has 2 nitrogen and oxygen atoms in total. The van der Waals surface area contributed by atoms with E-state index in [9.17, 15) is 0 Å². The third-order valence-corrected chi connectivity index (χ3v) is 3.77. The average Bonchev–Trinajstić information content (AvgIpc) is 2.40. The maximum Gasteiger partial charge on any atom is 0.0582 e. The maximum absolute atomic E-state index is 9.16. The van der Waals surface area contributed by atoms with E-state index in [1.54, 1.807) is 0 Å². The van der Waals surface area contributed by atoms with Gasteiger partial charge < -0.3 is 10.4 Å². The molecule has 1 fully saturated rings. The predicted octanol–water partition coefficient (Wildman–Crippen LogP) is 2.68. The molecule has 1 aliphatic rings. The molecule has 2 heteroatoms. The van der Waals surface area contributed by atoms with Crippen molar-refractivity contribution < 1.29 is 5.11 Å². The van der Waals surface area contributed by atoms with Crippen LogP contribution in [0.25, 0.3) is 0 Å². The molecule has 1 aliphatic carbocycles. The van der Waals surface area contributed by atoms with Crippen LogP contribution in [0.5, 0.6) is 0 Å². The van der Waals surface area contributed by atoms with Crippen LogP contribution >= 0.6 is 0 Å². The molecule has 1 saturated carbocycles. The van der Waals surface area contributed by atoms with E-state index in [2.05, 4.69) is 42.6 Å². The van der Waals surface area contributed by atoms with Crippen molar-refractivity contribution in [1.29, 1.82) is 0 Å². The molecule has 3 atom stereocenters. The highest BCUT2D eigenvalue weighted by Crippen LogP contribution is 2.33. The first-order valence-corrected chi connectivity index (χ1v) is 6.73. The fraction of sp³-hybridized carbons (Fsp3) is 0.600. The van der Waals surface area contributed by atoms with E-state index in [4.69, 9.17) is 5.11 Å². The summed E-state index contributed by atoms with van der Waals surface area (Å²) in [4.78, 5) is 0. The third kappa shape index (κ3) is 3.30. The fourth-order valence-corrected chi connectivity index (χ4v) is 2.85. The summed E-state index contributed by atoms with van der Waals surface area (Å²) in [5.41, 5.74) is 1.44. The Hall–Kier alpha value is -0.860. The number of rotatable bonds is 4. The van der Waals surface area contributed by atoms with Gasteiger partial charge in [-0.15, -0.1) is 0 Å². The second-order valence-corrected chi connectivity index (χ2v) is 5.16. The summed E-state index contributed by atoms with van der Waals surface area (Å²) >= 11 is 0. The zero-order valence-corrected chi connectivity index (χ0v) is 10.6. The first-order chi connectivity index (χ1) is 8.31. The topological polar surface area (TPSA) is 32.3 Å². The van der Waals surface area contributed by atoms with Gasteiger partial charge in [-0.3, -0.25) is 0 Å². The number of aliphatic hydroxyl groups excluding tert-OH is 1. The van der Waals surface area contributed by atoms with Crippen LogP contribution in [-0.2, 0) is 0 Å². The van der Waals surface area contributed by atoms with Crippen LogP contribution in [0.15, 0.2) is 30.3 Å². The molecule has 2 N–H and O–H groups in total. The zero-order chi connectivity index (χ0) is 12.1. The van der Waals surface area contributed by atoms with E-state index in [1.807, 2.05) is 0 Å². The molecule has 0 bridgehead atoms. The van der Waals surface area contributed by atoms with Gasteiger partial charge in [0.05, 0.1) is 6.61 Å². The van der Waals surface area contributed by atoms with E-state index in [-0.39, 0.29) is 12.6 Å². The van der Waals surface area contributed by atoms with Crippen molar-refractivity contribution in [2.24, 2.45) is 0 Å². The van der Waals surface area contributed by atoms with Crippen LogP contribution < -0.4 is 5.32 Å². The summed E-state index contributed by atoms with van der Waals surface area (Å²) in [6.07, 6.45) is 5.12. The lowest BCUT2D eigenvalue weighted by molar-refractivity contribution is 0.218. The quantitative estimate of drug-likeness (QED) is 0.838. The minimum absolute atomic E-state index is 0.198. The third-order valence-electron chi connectivity index (χ3n) is 3.77. The fourth-order valence-electron chi connectivity index (χ4n) is 2.85. The lowest BCUT2D eigenvalue weighted by Crippen LogP contribution is -2.43. The molecule has 2 rings (SSSR count). The lowest BCUT2D eigenvalue weighted by atomic mass is 9.80. The molecule has 0 aliphatic heterocycles. The van der Waals surface area contributed by atoms with Gasteiger partial charge in [0.25, 0.3) is 0 Å². The van der Waals surface area contributed by atoms with Gasteiger partial charge in [-0.1, -0.05) is 43.2 Å². The number of hydrogen-bond donors (Lipinski definition) is 2. The maximum atomic E-state index is 9.16. The molecular weight excluding hydrogens is 210 g/mol. The summed E-state index contributed by atoms with van der Waals surface area (Å²) in [5, 5.41) is 12.7. The normalized spacial score (nSPS) is 26.7. The smallest absolute Gasteiger partial charge is 0.0582 e. The van der Waals surface area contributed by atoms with E-state index in [0.29, 0.717) is 12.0 Å². The number of benzene rings is 1. The SMILES string of the molecule is C[C@H](CO)NC1CCCCC1c1ccccc1. The summed E-state index contributed by atoms with van der Waals surface area (Å²) in [6, 6.07) is 11.5. The monoisotopic (exact) mass is 233 g/mol. The van der Waals surface area contributed by atoms with Crippen LogP contribution in [0, 0.1) is 0 Å². The predicted molar refractivity (Wildman–Crippen MR) is 71.1 cm³/mol. The van der Waals surface area contributed by atoms with Gasteiger partial charge in [-0.05, 0) is 31.2 Å². The zero-order valence-electron chi connectivity index (χ0n) is 10.6. The minimum Gasteiger partial charge on any atom is -0.395 e. The van der Waals surface area contributed by atoms with Crippen molar-refractivity contribution in [2.75, 3.05) is 6.61 Å². The van der Waals surface area contributed by atoms with Gasteiger partial charge in [-0.25, -0.2) is 0 Å². The van der Waals surface area contributed by atoms with E-state index < -0.39 is 0 Å². The number of aliphatic hydroxyl groups is 1. The van der Waals surface area contributed by atoms with Gasteiger partial charge in [0.1, 0.15) is 0 Å². The Kier molecular flexibility index (Phi) is 4.57. The molecule has 1 aromatic rings. The Morgan fingerprint density at radius 3 is 2.65 bits per heavy atom. The molecule has 0 spiro atoms. The second-order valence-electron chi connectivity index (χ2n) is 5.16. The summed E-state index contributed by atoms with van der Waals surface area (Å²) < 4.78 is 0. The highest BCUT2D eigenvalue weighted by molar-refractivity contribution is 5.22. The molecule has 0 radical (unpaired) electrons. The van der Waals surface area contributed by atoms with Gasteiger partial charge in [-0.2, -0.15) is 0 Å². The molecule has 2 unspecified atom stereocenters. The van der Waals surface area contributed by atoms with Crippen molar-refractivity contribution in [3.05, 3.63) is 35.9 Å². The largest absolute Gasteiger partial charge is 0.395 e. The standard InChI is InChI=1S/C15H23NO/c1-12(11-17)16-15-10-6-5-9-14(15)13-7-3-2-4-8-13/h2-4,7-8,12,14-17H,5-6,9-11H2,1H3/t12-,14?,15?/m1/s1. The van der Waals surface area contributed by atoms with Crippen LogP contribution in [0.2, 0.25) is 0 Å². The molecule has 1 aromatic carbocycles. The first-order valence-electron chi connectivity index (χ1n) is 6.73. The van der Waals surface area contributed by atoms with E-state index in [1.165, 1.54) is 31.2 Å². The first kappa shape index (κ1) is 12.6. The molecule has 0 aromatic heterocycles. The summed E-state index contributed by atoms with van der Waals surface area (Å²) in [6.45, 7) is 2.27. The van der Waals surface area contributed by atoms with Crippen molar-refractivity contribution >= 4 is 0 Å². The Morgan fingerprint density at radius 1 is 1.24 bits per heavy atom. The Labute approximate surface area is 104 Å². The number of nitrogens with one attached hydrogen (secondary N) is 1. The molecule has 0 saturated heterocycles.